The number of hydrogen-bond acceptors (Lipinski definition) is 3. The van der Waals surface area contributed by atoms with Gasteiger partial charge in [-0.2, -0.15) is 0 Å². The molecule has 0 bridgehead atoms. The third-order valence-electron chi connectivity index (χ3n) is 3.56. The van der Waals surface area contributed by atoms with Gasteiger partial charge in [0, 0.05) is 5.69 Å². The second kappa shape index (κ2) is 9.27. The molecule has 24 heavy (non-hydrogen) atoms. The van der Waals surface area contributed by atoms with E-state index in [0.717, 1.165) is 11.3 Å². The molecule has 0 radical (unpaired) electrons. The van der Waals surface area contributed by atoms with E-state index >= 15 is 0 Å². The number of carbonyl (C=O) groups excluding carboxylic acids is 1. The highest BCUT2D eigenvalue weighted by atomic mass is 127. The number of aryl methyl sites for hydroxylation is 2. The Morgan fingerprint density at radius 1 is 1.17 bits per heavy atom. The Hall–Kier alpha value is -2.09. The predicted molar refractivity (Wildman–Crippen MR) is 108 cm³/mol. The smallest absolute Gasteiger partial charge is 0.337 e. The fourth-order valence-corrected chi connectivity index (χ4v) is 2.10. The Balaban J connectivity index is 0.00000288. The van der Waals surface area contributed by atoms with Gasteiger partial charge in [0.05, 0.1) is 19.2 Å². The maximum absolute atomic E-state index is 11.5. The third kappa shape index (κ3) is 5.52. The minimum Gasteiger partial charge on any atom is -0.465 e. The number of nitrogens with two attached hydrogens (primary N) is 1. The molecule has 0 amide bonds. The predicted octanol–water partition coefficient (Wildman–Crippen LogP) is 3.63. The van der Waals surface area contributed by atoms with Crippen LogP contribution in [0.3, 0.4) is 0 Å². The van der Waals surface area contributed by atoms with E-state index < -0.39 is 0 Å². The molecule has 0 saturated heterocycles. The van der Waals surface area contributed by atoms with Crippen molar-refractivity contribution in [1.29, 1.82) is 0 Å². The van der Waals surface area contributed by atoms with E-state index in [4.69, 9.17) is 10.5 Å². The van der Waals surface area contributed by atoms with Gasteiger partial charge in [-0.1, -0.05) is 18.2 Å². The summed E-state index contributed by atoms with van der Waals surface area (Å²) >= 11 is 0. The van der Waals surface area contributed by atoms with Crippen LogP contribution in [0.15, 0.2) is 47.5 Å². The van der Waals surface area contributed by atoms with E-state index in [9.17, 15) is 4.79 Å². The first-order valence-corrected chi connectivity index (χ1v) is 7.31. The Labute approximate surface area is 159 Å². The largest absolute Gasteiger partial charge is 0.465 e. The van der Waals surface area contributed by atoms with E-state index in [1.54, 1.807) is 18.2 Å². The van der Waals surface area contributed by atoms with Gasteiger partial charge in [-0.25, -0.2) is 9.79 Å². The van der Waals surface area contributed by atoms with Crippen LogP contribution in [0.1, 0.15) is 27.0 Å². The monoisotopic (exact) mass is 439 g/mol. The van der Waals surface area contributed by atoms with Crippen molar-refractivity contribution in [3.8, 4) is 0 Å². The van der Waals surface area contributed by atoms with Crippen molar-refractivity contribution in [2.75, 3.05) is 12.4 Å². The number of aliphatic imine (C=N–C) groups is 1. The van der Waals surface area contributed by atoms with Crippen LogP contribution in [0.25, 0.3) is 0 Å². The fourth-order valence-electron chi connectivity index (χ4n) is 2.10. The second-order valence-corrected chi connectivity index (χ2v) is 5.32. The highest BCUT2D eigenvalue weighted by Crippen LogP contribution is 2.14. The summed E-state index contributed by atoms with van der Waals surface area (Å²) in [5, 5.41) is 3.06. The topological polar surface area (TPSA) is 76.7 Å². The first-order valence-electron chi connectivity index (χ1n) is 7.31. The number of methoxy groups -OCH3 is 1. The molecule has 5 nitrogen and oxygen atoms in total. The zero-order valence-electron chi connectivity index (χ0n) is 14.0. The van der Waals surface area contributed by atoms with Gasteiger partial charge in [0.25, 0.3) is 0 Å². The van der Waals surface area contributed by atoms with Crippen molar-refractivity contribution >= 4 is 41.6 Å². The Kier molecular flexibility index (Phi) is 7.70. The van der Waals surface area contributed by atoms with Crippen molar-refractivity contribution < 1.29 is 9.53 Å². The molecule has 0 fully saturated rings. The molecule has 2 aromatic carbocycles. The van der Waals surface area contributed by atoms with Crippen LogP contribution >= 0.6 is 24.0 Å². The molecule has 6 heteroatoms. The second-order valence-electron chi connectivity index (χ2n) is 5.32. The molecular formula is C18H22IN3O2. The summed E-state index contributed by atoms with van der Waals surface area (Å²) in [5.74, 6) is -0.0335. The summed E-state index contributed by atoms with van der Waals surface area (Å²) in [6.07, 6.45) is 0. The SMILES string of the molecule is COC(=O)c1cccc(CN=C(N)Nc2ccc(C)c(C)c2)c1.I. The summed E-state index contributed by atoms with van der Waals surface area (Å²) in [6, 6.07) is 13.2. The van der Waals surface area contributed by atoms with Crippen LogP contribution in [0.4, 0.5) is 5.69 Å². The summed E-state index contributed by atoms with van der Waals surface area (Å²) in [5.41, 5.74) is 10.6. The van der Waals surface area contributed by atoms with E-state index in [-0.39, 0.29) is 29.9 Å². The maximum atomic E-state index is 11.5. The molecule has 3 N–H and O–H groups in total. The van der Waals surface area contributed by atoms with E-state index in [0.29, 0.717) is 18.1 Å². The molecule has 0 aliphatic heterocycles. The fraction of sp³-hybridized carbons (Fsp3) is 0.222. The van der Waals surface area contributed by atoms with E-state index in [1.165, 1.54) is 18.2 Å². The van der Waals surface area contributed by atoms with Crippen LogP contribution in [-0.2, 0) is 11.3 Å². The summed E-state index contributed by atoms with van der Waals surface area (Å²) in [4.78, 5) is 15.8. The van der Waals surface area contributed by atoms with Gasteiger partial charge >= 0.3 is 5.97 Å². The number of halogens is 1. The highest BCUT2D eigenvalue weighted by Gasteiger charge is 2.05. The lowest BCUT2D eigenvalue weighted by atomic mass is 10.1. The summed E-state index contributed by atoms with van der Waals surface area (Å²) in [6.45, 7) is 4.49. The van der Waals surface area contributed by atoms with Gasteiger partial charge in [-0.15, -0.1) is 24.0 Å². The summed E-state index contributed by atoms with van der Waals surface area (Å²) in [7, 11) is 1.36. The van der Waals surface area contributed by atoms with Crippen molar-refractivity contribution in [2.24, 2.45) is 10.7 Å². The third-order valence-corrected chi connectivity index (χ3v) is 3.56. The van der Waals surface area contributed by atoms with Crippen molar-refractivity contribution in [2.45, 2.75) is 20.4 Å². The molecule has 0 saturated carbocycles. The van der Waals surface area contributed by atoms with Crippen LogP contribution < -0.4 is 11.1 Å². The van der Waals surface area contributed by atoms with Crippen LogP contribution in [0.5, 0.6) is 0 Å². The zero-order valence-corrected chi connectivity index (χ0v) is 16.3. The van der Waals surface area contributed by atoms with Crippen LogP contribution in [-0.4, -0.2) is 19.0 Å². The van der Waals surface area contributed by atoms with Gasteiger partial charge in [-0.3, -0.25) is 0 Å². The molecule has 0 atom stereocenters. The lowest BCUT2D eigenvalue weighted by Gasteiger charge is -2.08. The lowest BCUT2D eigenvalue weighted by Crippen LogP contribution is -2.22. The number of guanidine groups is 1. The quantitative estimate of drug-likeness (QED) is 0.330. The van der Waals surface area contributed by atoms with Crippen LogP contribution in [0.2, 0.25) is 0 Å². The number of hydrogen-bond donors (Lipinski definition) is 2. The molecular weight excluding hydrogens is 417 g/mol. The number of rotatable bonds is 4. The van der Waals surface area contributed by atoms with Gasteiger partial charge in [-0.05, 0) is 54.8 Å². The minimum atomic E-state index is -0.364. The maximum Gasteiger partial charge on any atom is 0.337 e. The number of nitrogens with one attached hydrogen (secondary N) is 1. The van der Waals surface area contributed by atoms with E-state index in [2.05, 4.69) is 17.2 Å². The number of carbonyl (C=O) groups is 1. The number of ether oxygens (including phenoxy) is 1. The van der Waals surface area contributed by atoms with Gasteiger partial charge in [0.2, 0.25) is 0 Å². The van der Waals surface area contributed by atoms with Crippen molar-refractivity contribution in [3.05, 3.63) is 64.7 Å². The lowest BCUT2D eigenvalue weighted by molar-refractivity contribution is 0.0600. The Morgan fingerprint density at radius 2 is 1.92 bits per heavy atom. The molecule has 128 valence electrons. The van der Waals surface area contributed by atoms with E-state index in [1.807, 2.05) is 31.2 Å². The molecule has 0 aliphatic rings. The Morgan fingerprint density at radius 3 is 2.58 bits per heavy atom. The standard InChI is InChI=1S/C18H21N3O2.HI/c1-12-7-8-16(9-13(12)2)21-18(19)20-11-14-5-4-6-15(10-14)17(22)23-3;/h4-10H,11H2,1-3H3,(H3,19,20,21);1H. The molecule has 0 aromatic heterocycles. The molecule has 2 rings (SSSR count). The average molecular weight is 439 g/mol. The number of benzene rings is 2. The van der Waals surface area contributed by atoms with Crippen LogP contribution in [0, 0.1) is 13.8 Å². The van der Waals surface area contributed by atoms with Gasteiger partial charge < -0.3 is 15.8 Å². The normalized spacial score (nSPS) is 10.7. The number of nitrogens with zero attached hydrogens (tertiary/aromatic N) is 1. The molecule has 2 aromatic rings. The average Bonchev–Trinajstić information content (AvgIpc) is 2.56. The zero-order chi connectivity index (χ0) is 16.8. The molecule has 0 aliphatic carbocycles. The molecule has 0 heterocycles. The first-order chi connectivity index (χ1) is 11.0. The number of esters is 1. The van der Waals surface area contributed by atoms with Gasteiger partial charge in [0.1, 0.15) is 0 Å². The summed E-state index contributed by atoms with van der Waals surface area (Å²) < 4.78 is 4.70. The first kappa shape index (κ1) is 20.0. The van der Waals surface area contributed by atoms with Crippen molar-refractivity contribution in [3.63, 3.8) is 0 Å². The molecule has 0 spiro atoms. The molecule has 0 unspecified atom stereocenters. The minimum absolute atomic E-state index is 0. The van der Waals surface area contributed by atoms with Gasteiger partial charge in [0.15, 0.2) is 5.96 Å². The van der Waals surface area contributed by atoms with Crippen molar-refractivity contribution in [1.82, 2.24) is 0 Å². The highest BCUT2D eigenvalue weighted by molar-refractivity contribution is 14.0. The number of anilines is 1. The Bertz CT molecular complexity index is 745.